The maximum absolute atomic E-state index is 12.3. The smallest absolute Gasteiger partial charge is 0.338 e. The molecule has 2 aromatic rings. The molecule has 0 spiro atoms. The van der Waals surface area contributed by atoms with Gasteiger partial charge in [-0.3, -0.25) is 4.79 Å². The number of carbonyl (C=O) groups excluding carboxylic acids is 2. The average molecular weight is 389 g/mol. The van der Waals surface area contributed by atoms with E-state index in [4.69, 9.17) is 9.47 Å². The molecule has 4 nitrogen and oxygen atoms in total. The number of para-hydroxylation sites is 1. The molecule has 26 heavy (non-hydrogen) atoms. The van der Waals surface area contributed by atoms with Crippen LogP contribution in [0.15, 0.2) is 48.5 Å². The van der Waals surface area contributed by atoms with Crippen LogP contribution in [0.1, 0.15) is 37.3 Å². The minimum atomic E-state index is -0.497. The summed E-state index contributed by atoms with van der Waals surface area (Å²) in [6.07, 6.45) is 1.25. The molecule has 0 bridgehead atoms. The van der Waals surface area contributed by atoms with Crippen molar-refractivity contribution in [3.05, 3.63) is 65.2 Å². The number of Topliss-reactive ketones (excluding diaryl/α,β-unsaturated/α-hetero) is 1. The summed E-state index contributed by atoms with van der Waals surface area (Å²) in [7, 11) is 1.50. The highest BCUT2D eigenvalue weighted by Gasteiger charge is 2.18. The lowest BCUT2D eigenvalue weighted by molar-refractivity contribution is 0.0474. The van der Waals surface area contributed by atoms with Crippen LogP contribution in [-0.4, -0.2) is 37.0 Å². The Morgan fingerprint density at radius 2 is 1.73 bits per heavy atom. The Balaban J connectivity index is 1.58. The SMILES string of the molecule is COc1ccccc1C(=O)COC(=O)c1ccc(C2SCCCS2)cc1. The number of thioether (sulfide) groups is 2. The van der Waals surface area contributed by atoms with Crippen LogP contribution in [0.2, 0.25) is 0 Å². The molecule has 1 heterocycles. The van der Waals surface area contributed by atoms with Crippen molar-refractivity contribution in [3.63, 3.8) is 0 Å². The van der Waals surface area contributed by atoms with Crippen LogP contribution < -0.4 is 4.74 Å². The highest BCUT2D eigenvalue weighted by Crippen LogP contribution is 2.43. The van der Waals surface area contributed by atoms with Gasteiger partial charge in [0.15, 0.2) is 6.61 Å². The third-order valence-electron chi connectivity index (χ3n) is 3.99. The van der Waals surface area contributed by atoms with E-state index in [2.05, 4.69) is 0 Å². The number of hydrogen-bond acceptors (Lipinski definition) is 6. The van der Waals surface area contributed by atoms with Gasteiger partial charge in [0, 0.05) is 0 Å². The van der Waals surface area contributed by atoms with Crippen molar-refractivity contribution in [2.75, 3.05) is 25.2 Å². The molecule has 0 radical (unpaired) electrons. The van der Waals surface area contributed by atoms with Gasteiger partial charge < -0.3 is 9.47 Å². The molecule has 0 saturated carbocycles. The van der Waals surface area contributed by atoms with Crippen molar-refractivity contribution in [1.82, 2.24) is 0 Å². The standard InChI is InChI=1S/C20H20O4S2/c1-23-18-6-3-2-5-16(18)17(21)13-24-19(22)14-7-9-15(10-8-14)20-25-11-4-12-26-20/h2-3,5-10,20H,4,11-13H2,1H3. The molecule has 0 amide bonds. The minimum Gasteiger partial charge on any atom is -0.496 e. The zero-order valence-electron chi connectivity index (χ0n) is 14.5. The molecule has 3 rings (SSSR count). The first-order valence-corrected chi connectivity index (χ1v) is 10.5. The third kappa shape index (κ3) is 4.62. The predicted molar refractivity (Wildman–Crippen MR) is 106 cm³/mol. The van der Waals surface area contributed by atoms with Crippen molar-refractivity contribution in [2.24, 2.45) is 0 Å². The van der Waals surface area contributed by atoms with Crippen LogP contribution in [0.25, 0.3) is 0 Å². The van der Waals surface area contributed by atoms with Gasteiger partial charge in [-0.2, -0.15) is 0 Å². The number of carbonyl (C=O) groups is 2. The fourth-order valence-electron chi connectivity index (χ4n) is 2.62. The highest BCUT2D eigenvalue weighted by atomic mass is 32.2. The number of benzene rings is 2. The lowest BCUT2D eigenvalue weighted by Gasteiger charge is -2.21. The number of methoxy groups -OCH3 is 1. The van der Waals surface area contributed by atoms with Crippen molar-refractivity contribution in [3.8, 4) is 5.75 Å². The quantitative estimate of drug-likeness (QED) is 0.532. The molecule has 0 aliphatic carbocycles. The first kappa shape index (κ1) is 18.9. The van der Waals surface area contributed by atoms with Gasteiger partial charge in [-0.05, 0) is 47.8 Å². The minimum absolute atomic E-state index is 0.289. The Hall–Kier alpha value is -1.92. The molecule has 1 saturated heterocycles. The Morgan fingerprint density at radius 3 is 2.42 bits per heavy atom. The van der Waals surface area contributed by atoms with E-state index < -0.39 is 5.97 Å². The van der Waals surface area contributed by atoms with Gasteiger partial charge in [0.25, 0.3) is 0 Å². The monoisotopic (exact) mass is 388 g/mol. The van der Waals surface area contributed by atoms with Gasteiger partial charge in [-0.15, -0.1) is 23.5 Å². The fourth-order valence-corrected chi connectivity index (χ4v) is 5.52. The van der Waals surface area contributed by atoms with Crippen molar-refractivity contribution < 1.29 is 19.1 Å². The fraction of sp³-hybridized carbons (Fsp3) is 0.300. The first-order valence-electron chi connectivity index (χ1n) is 8.35. The molecule has 2 aromatic carbocycles. The van der Waals surface area contributed by atoms with E-state index in [1.165, 1.54) is 30.6 Å². The maximum Gasteiger partial charge on any atom is 0.338 e. The second kappa shape index (κ2) is 9.14. The molecule has 1 aliphatic heterocycles. The Labute approximate surface area is 161 Å². The molecule has 136 valence electrons. The molecule has 0 atom stereocenters. The van der Waals surface area contributed by atoms with Gasteiger partial charge in [0.2, 0.25) is 5.78 Å². The number of rotatable bonds is 6. The summed E-state index contributed by atoms with van der Waals surface area (Å²) in [5.41, 5.74) is 2.07. The van der Waals surface area contributed by atoms with E-state index in [1.807, 2.05) is 35.7 Å². The van der Waals surface area contributed by atoms with Crippen LogP contribution in [0.5, 0.6) is 5.75 Å². The molecule has 6 heteroatoms. The Kier molecular flexibility index (Phi) is 6.63. The zero-order chi connectivity index (χ0) is 18.4. The summed E-state index contributed by atoms with van der Waals surface area (Å²) in [5, 5.41) is 0. The second-order valence-corrected chi connectivity index (χ2v) is 8.47. The second-order valence-electron chi connectivity index (χ2n) is 5.75. The van der Waals surface area contributed by atoms with Crippen LogP contribution >= 0.6 is 23.5 Å². The third-order valence-corrected chi connectivity index (χ3v) is 7.00. The number of ketones is 1. The highest BCUT2D eigenvalue weighted by molar-refractivity contribution is 8.16. The van der Waals surface area contributed by atoms with Gasteiger partial charge in [0.1, 0.15) is 5.75 Å². The van der Waals surface area contributed by atoms with Crippen molar-refractivity contribution in [2.45, 2.75) is 11.0 Å². The molecule has 1 aliphatic rings. The normalized spacial score (nSPS) is 14.7. The first-order chi connectivity index (χ1) is 12.7. The summed E-state index contributed by atoms with van der Waals surface area (Å²) in [5.74, 6) is 2.03. The van der Waals surface area contributed by atoms with Gasteiger partial charge in [-0.25, -0.2) is 4.79 Å². The van der Waals surface area contributed by atoms with E-state index in [0.717, 1.165) is 0 Å². The summed E-state index contributed by atoms with van der Waals surface area (Å²) in [6, 6.07) is 14.4. The molecule has 0 aromatic heterocycles. The average Bonchev–Trinajstić information content (AvgIpc) is 2.72. The molecule has 1 fully saturated rings. The zero-order valence-corrected chi connectivity index (χ0v) is 16.1. The lowest BCUT2D eigenvalue weighted by Crippen LogP contribution is -2.15. The van der Waals surface area contributed by atoms with Gasteiger partial charge in [0.05, 0.1) is 22.8 Å². The van der Waals surface area contributed by atoms with Gasteiger partial charge in [-0.1, -0.05) is 24.3 Å². The molecular weight excluding hydrogens is 368 g/mol. The Bertz CT molecular complexity index is 768. The van der Waals surface area contributed by atoms with Gasteiger partial charge >= 0.3 is 5.97 Å². The van der Waals surface area contributed by atoms with Crippen molar-refractivity contribution >= 4 is 35.3 Å². The number of ether oxygens (including phenoxy) is 2. The van der Waals surface area contributed by atoms with Crippen LogP contribution in [0.4, 0.5) is 0 Å². The molecule has 0 unspecified atom stereocenters. The van der Waals surface area contributed by atoms with Crippen LogP contribution in [0.3, 0.4) is 0 Å². The topological polar surface area (TPSA) is 52.6 Å². The summed E-state index contributed by atoms with van der Waals surface area (Å²) in [4.78, 5) is 24.5. The van der Waals surface area contributed by atoms with Crippen LogP contribution in [-0.2, 0) is 4.74 Å². The number of esters is 1. The summed E-state index contributed by atoms with van der Waals surface area (Å²) < 4.78 is 10.8. The Morgan fingerprint density at radius 1 is 1.04 bits per heavy atom. The summed E-state index contributed by atoms with van der Waals surface area (Å²) in [6.45, 7) is -0.310. The van der Waals surface area contributed by atoms with E-state index in [1.54, 1.807) is 36.4 Å². The maximum atomic E-state index is 12.3. The largest absolute Gasteiger partial charge is 0.496 e. The number of hydrogen-bond donors (Lipinski definition) is 0. The summed E-state index contributed by atoms with van der Waals surface area (Å²) >= 11 is 3.87. The van der Waals surface area contributed by atoms with Crippen molar-refractivity contribution in [1.29, 1.82) is 0 Å². The van der Waals surface area contributed by atoms with E-state index in [-0.39, 0.29) is 12.4 Å². The van der Waals surface area contributed by atoms with E-state index in [0.29, 0.717) is 21.5 Å². The van der Waals surface area contributed by atoms with E-state index in [9.17, 15) is 9.59 Å². The molecule has 0 N–H and O–H groups in total. The predicted octanol–water partition coefficient (Wildman–Crippen LogP) is 4.60. The lowest BCUT2D eigenvalue weighted by atomic mass is 10.1. The molecular formula is C20H20O4S2. The van der Waals surface area contributed by atoms with E-state index >= 15 is 0 Å². The van der Waals surface area contributed by atoms with Crippen LogP contribution in [0, 0.1) is 0 Å².